The van der Waals surface area contributed by atoms with E-state index in [1.807, 2.05) is 47.3 Å². The number of benzene rings is 1. The van der Waals surface area contributed by atoms with Crippen LogP contribution in [0.15, 0.2) is 54.9 Å². The molecule has 86 valence electrons. The summed E-state index contributed by atoms with van der Waals surface area (Å²) in [5, 5.41) is 0. The number of carbonyl (C=O) groups excluding carboxylic acids is 1. The highest BCUT2D eigenvalue weighted by Crippen LogP contribution is 2.36. The van der Waals surface area contributed by atoms with Gasteiger partial charge in [-0.1, -0.05) is 30.3 Å². The summed E-state index contributed by atoms with van der Waals surface area (Å²) in [5.74, 6) is 0.0668. The molecule has 18 heavy (non-hydrogen) atoms. The van der Waals surface area contributed by atoms with Crippen LogP contribution in [0.3, 0.4) is 0 Å². The lowest BCUT2D eigenvalue weighted by Crippen LogP contribution is -1.96. The molecule has 3 heterocycles. The van der Waals surface area contributed by atoms with Crippen LogP contribution in [0.1, 0.15) is 16.2 Å². The number of H-pyrrole nitrogens is 1. The molecular weight excluding hydrogens is 224 g/mol. The molecule has 3 heteroatoms. The molecule has 1 aliphatic rings. The summed E-state index contributed by atoms with van der Waals surface area (Å²) in [5.41, 5.74) is 4.56. The van der Waals surface area contributed by atoms with Crippen LogP contribution in [0.4, 0.5) is 0 Å². The Morgan fingerprint density at radius 1 is 1.00 bits per heavy atom. The second-order valence-electron chi connectivity index (χ2n) is 4.38. The van der Waals surface area contributed by atoms with Gasteiger partial charge in [-0.3, -0.25) is 4.79 Å². The molecule has 0 aliphatic carbocycles. The molecule has 1 N–H and O–H groups in total. The maximum Gasteiger partial charge on any atom is 0.228 e. The average molecular weight is 234 g/mol. The number of rotatable bonds is 1. The van der Waals surface area contributed by atoms with Gasteiger partial charge in [-0.2, -0.15) is 0 Å². The first kappa shape index (κ1) is 9.48. The van der Waals surface area contributed by atoms with Gasteiger partial charge in [0.1, 0.15) is 5.69 Å². The zero-order valence-corrected chi connectivity index (χ0v) is 9.55. The van der Waals surface area contributed by atoms with E-state index in [9.17, 15) is 4.79 Å². The van der Waals surface area contributed by atoms with E-state index in [0.717, 1.165) is 22.5 Å². The summed E-state index contributed by atoms with van der Waals surface area (Å²) in [6, 6.07) is 13.8. The van der Waals surface area contributed by atoms with Crippen molar-refractivity contribution in [3.05, 3.63) is 66.2 Å². The van der Waals surface area contributed by atoms with Gasteiger partial charge in [-0.25, -0.2) is 0 Å². The molecular formula is C15H10N2O. The molecule has 0 saturated carbocycles. The van der Waals surface area contributed by atoms with Crippen molar-refractivity contribution in [3.8, 4) is 16.8 Å². The smallest absolute Gasteiger partial charge is 0.228 e. The van der Waals surface area contributed by atoms with Crippen molar-refractivity contribution in [1.29, 1.82) is 0 Å². The molecule has 1 aliphatic heterocycles. The van der Waals surface area contributed by atoms with Gasteiger partial charge < -0.3 is 9.55 Å². The second kappa shape index (κ2) is 3.23. The predicted octanol–water partition coefficient (Wildman–Crippen LogP) is 3.02. The zero-order valence-electron chi connectivity index (χ0n) is 9.55. The van der Waals surface area contributed by atoms with Crippen LogP contribution in [-0.4, -0.2) is 15.3 Å². The number of nitrogens with one attached hydrogen (secondary N) is 1. The largest absolute Gasteiger partial charge is 0.356 e. The standard InChI is InChI=1S/C15H10N2O/c18-15-12-7-4-8-17(12)14-11(9-16-13(14)15)10-5-2-1-3-6-10/h1-9,16H. The molecule has 0 amide bonds. The molecule has 0 atom stereocenters. The molecule has 0 unspecified atom stereocenters. The highest BCUT2D eigenvalue weighted by molar-refractivity contribution is 6.14. The van der Waals surface area contributed by atoms with E-state index in [2.05, 4.69) is 17.1 Å². The van der Waals surface area contributed by atoms with Crippen LogP contribution < -0.4 is 0 Å². The predicted molar refractivity (Wildman–Crippen MR) is 69.0 cm³/mol. The fourth-order valence-corrected chi connectivity index (χ4v) is 2.57. The van der Waals surface area contributed by atoms with Crippen molar-refractivity contribution in [1.82, 2.24) is 9.55 Å². The lowest BCUT2D eigenvalue weighted by atomic mass is 10.1. The Morgan fingerprint density at radius 2 is 1.83 bits per heavy atom. The first-order chi connectivity index (χ1) is 8.86. The quantitative estimate of drug-likeness (QED) is 0.540. The summed E-state index contributed by atoms with van der Waals surface area (Å²) < 4.78 is 1.95. The van der Waals surface area contributed by atoms with Crippen molar-refractivity contribution in [2.45, 2.75) is 0 Å². The first-order valence-electron chi connectivity index (χ1n) is 5.85. The van der Waals surface area contributed by atoms with Crippen LogP contribution in [0, 0.1) is 0 Å². The Hall–Kier alpha value is -2.55. The third-order valence-electron chi connectivity index (χ3n) is 3.39. The van der Waals surface area contributed by atoms with Gasteiger partial charge in [0.2, 0.25) is 5.78 Å². The van der Waals surface area contributed by atoms with Crippen LogP contribution in [0.2, 0.25) is 0 Å². The topological polar surface area (TPSA) is 37.8 Å². The Morgan fingerprint density at radius 3 is 2.67 bits per heavy atom. The zero-order chi connectivity index (χ0) is 12.1. The van der Waals surface area contributed by atoms with E-state index in [4.69, 9.17) is 0 Å². The van der Waals surface area contributed by atoms with Crippen molar-refractivity contribution in [2.75, 3.05) is 0 Å². The fourth-order valence-electron chi connectivity index (χ4n) is 2.57. The number of hydrogen-bond acceptors (Lipinski definition) is 1. The third-order valence-corrected chi connectivity index (χ3v) is 3.39. The lowest BCUT2D eigenvalue weighted by Gasteiger charge is -2.03. The van der Waals surface area contributed by atoms with E-state index in [-0.39, 0.29) is 5.78 Å². The Labute approximate surface area is 104 Å². The van der Waals surface area contributed by atoms with Gasteiger partial charge in [-0.05, 0) is 17.7 Å². The van der Waals surface area contributed by atoms with Gasteiger partial charge in [0.05, 0.1) is 11.4 Å². The van der Waals surface area contributed by atoms with Gasteiger partial charge in [0.25, 0.3) is 0 Å². The molecule has 3 nitrogen and oxygen atoms in total. The normalized spacial score (nSPS) is 12.6. The minimum atomic E-state index is 0.0668. The van der Waals surface area contributed by atoms with Crippen LogP contribution in [0.25, 0.3) is 16.8 Å². The highest BCUT2D eigenvalue weighted by atomic mass is 16.1. The van der Waals surface area contributed by atoms with Crippen LogP contribution >= 0.6 is 0 Å². The number of nitrogens with zero attached hydrogens (tertiary/aromatic N) is 1. The van der Waals surface area contributed by atoms with Gasteiger partial charge in [-0.15, -0.1) is 0 Å². The molecule has 3 aromatic rings. The van der Waals surface area contributed by atoms with Crippen molar-refractivity contribution in [2.24, 2.45) is 0 Å². The molecule has 2 aromatic heterocycles. The van der Waals surface area contributed by atoms with E-state index in [0.29, 0.717) is 5.69 Å². The second-order valence-corrected chi connectivity index (χ2v) is 4.38. The molecule has 0 fully saturated rings. The number of aromatic nitrogens is 2. The molecule has 1 aromatic carbocycles. The average Bonchev–Trinajstić information content (AvgIpc) is 3.08. The third kappa shape index (κ3) is 1.06. The summed E-state index contributed by atoms with van der Waals surface area (Å²) >= 11 is 0. The minimum absolute atomic E-state index is 0.0668. The van der Waals surface area contributed by atoms with Crippen LogP contribution in [-0.2, 0) is 0 Å². The van der Waals surface area contributed by atoms with E-state index in [1.54, 1.807) is 0 Å². The monoisotopic (exact) mass is 234 g/mol. The number of hydrogen-bond donors (Lipinski definition) is 1. The number of fused-ring (bicyclic) bond motifs is 3. The molecule has 0 radical (unpaired) electrons. The fraction of sp³-hybridized carbons (Fsp3) is 0. The molecule has 0 spiro atoms. The Kier molecular flexibility index (Phi) is 1.70. The van der Waals surface area contributed by atoms with Crippen LogP contribution in [0.5, 0.6) is 0 Å². The van der Waals surface area contributed by atoms with E-state index >= 15 is 0 Å². The SMILES string of the molecule is O=C1c2[nH]cc(-c3ccccc3)c2-n2cccc21. The van der Waals surface area contributed by atoms with E-state index in [1.165, 1.54) is 0 Å². The first-order valence-corrected chi connectivity index (χ1v) is 5.85. The Balaban J connectivity index is 2.03. The van der Waals surface area contributed by atoms with Crippen molar-refractivity contribution in [3.63, 3.8) is 0 Å². The summed E-state index contributed by atoms with van der Waals surface area (Å²) in [7, 11) is 0. The van der Waals surface area contributed by atoms with Gasteiger partial charge in [0.15, 0.2) is 0 Å². The maximum atomic E-state index is 12.1. The number of ketones is 1. The van der Waals surface area contributed by atoms with Crippen molar-refractivity contribution < 1.29 is 4.79 Å². The summed E-state index contributed by atoms with van der Waals surface area (Å²) in [6.07, 6.45) is 3.83. The number of carbonyl (C=O) groups is 1. The van der Waals surface area contributed by atoms with E-state index < -0.39 is 0 Å². The van der Waals surface area contributed by atoms with Gasteiger partial charge >= 0.3 is 0 Å². The van der Waals surface area contributed by atoms with Gasteiger partial charge in [0, 0.05) is 18.0 Å². The van der Waals surface area contributed by atoms with Crippen molar-refractivity contribution >= 4 is 5.78 Å². The highest BCUT2D eigenvalue weighted by Gasteiger charge is 2.30. The molecule has 0 bridgehead atoms. The maximum absolute atomic E-state index is 12.1. The summed E-state index contributed by atoms with van der Waals surface area (Å²) in [6.45, 7) is 0. The lowest BCUT2D eigenvalue weighted by molar-refractivity contribution is 0.103. The minimum Gasteiger partial charge on any atom is -0.356 e. The Bertz CT molecular complexity index is 750. The molecule has 4 rings (SSSR count). The number of aromatic amines is 1. The summed E-state index contributed by atoms with van der Waals surface area (Å²) in [4.78, 5) is 15.2. The molecule has 0 saturated heterocycles.